The van der Waals surface area contributed by atoms with Crippen LogP contribution in [0.15, 0.2) is 48.9 Å². The van der Waals surface area contributed by atoms with Crippen molar-refractivity contribution in [2.24, 2.45) is 0 Å². The van der Waals surface area contributed by atoms with E-state index in [4.69, 9.17) is 0 Å². The summed E-state index contributed by atoms with van der Waals surface area (Å²) in [6, 6.07) is 10.5. The first-order valence-corrected chi connectivity index (χ1v) is 6.57. The number of para-hydroxylation sites is 1. The van der Waals surface area contributed by atoms with Crippen LogP contribution in [-0.2, 0) is 19.6 Å². The second kappa shape index (κ2) is 5.28. The minimum Gasteiger partial charge on any atom is -0.345 e. The van der Waals surface area contributed by atoms with Gasteiger partial charge in [-0.3, -0.25) is 4.68 Å². The first-order valence-electron chi connectivity index (χ1n) is 6.57. The minimum atomic E-state index is 0.894. The Morgan fingerprint density at radius 2 is 2.05 bits per heavy atom. The Bertz CT molecular complexity index is 652. The van der Waals surface area contributed by atoms with Crippen molar-refractivity contribution >= 4 is 10.9 Å². The first-order chi connectivity index (χ1) is 9.38. The maximum atomic E-state index is 4.25. The van der Waals surface area contributed by atoms with Gasteiger partial charge in [0.25, 0.3) is 0 Å². The van der Waals surface area contributed by atoms with E-state index in [9.17, 15) is 0 Å². The van der Waals surface area contributed by atoms with Gasteiger partial charge >= 0.3 is 0 Å². The molecule has 19 heavy (non-hydrogen) atoms. The lowest BCUT2D eigenvalue weighted by Crippen LogP contribution is -2.07. The Morgan fingerprint density at radius 3 is 2.84 bits per heavy atom. The highest BCUT2D eigenvalue weighted by atomic mass is 15.3. The van der Waals surface area contributed by atoms with Gasteiger partial charge < -0.3 is 9.88 Å². The molecule has 4 nitrogen and oxygen atoms in total. The highest BCUT2D eigenvalue weighted by molar-refractivity contribution is 5.83. The summed E-state index contributed by atoms with van der Waals surface area (Å²) in [5.41, 5.74) is 2.64. The van der Waals surface area contributed by atoms with Crippen molar-refractivity contribution in [2.75, 3.05) is 7.05 Å². The Kier molecular flexibility index (Phi) is 3.33. The number of nitrogens with one attached hydrogen (secondary N) is 1. The molecule has 0 unspecified atom stereocenters. The van der Waals surface area contributed by atoms with Gasteiger partial charge in [0.1, 0.15) is 0 Å². The van der Waals surface area contributed by atoms with Crippen LogP contribution < -0.4 is 5.32 Å². The number of nitrogens with zero attached hydrogens (tertiary/aromatic N) is 3. The van der Waals surface area contributed by atoms with Crippen molar-refractivity contribution in [1.82, 2.24) is 19.7 Å². The van der Waals surface area contributed by atoms with Crippen LogP contribution in [0.25, 0.3) is 10.9 Å². The van der Waals surface area contributed by atoms with Crippen LogP contribution in [0.3, 0.4) is 0 Å². The molecular weight excluding hydrogens is 236 g/mol. The van der Waals surface area contributed by atoms with E-state index in [1.807, 2.05) is 30.2 Å². The fraction of sp³-hybridized carbons (Fsp3) is 0.267. The quantitative estimate of drug-likeness (QED) is 0.758. The molecule has 0 aliphatic carbocycles. The summed E-state index contributed by atoms with van der Waals surface area (Å²) in [5.74, 6) is 0. The predicted octanol–water partition coefficient (Wildman–Crippen LogP) is 2.26. The highest BCUT2D eigenvalue weighted by Crippen LogP contribution is 2.21. The van der Waals surface area contributed by atoms with Gasteiger partial charge in [0.05, 0.1) is 6.54 Å². The lowest BCUT2D eigenvalue weighted by Gasteiger charge is -2.05. The largest absolute Gasteiger partial charge is 0.345 e. The molecule has 98 valence electrons. The third kappa shape index (κ3) is 2.39. The normalized spacial score (nSPS) is 11.2. The van der Waals surface area contributed by atoms with Gasteiger partial charge in [0.2, 0.25) is 0 Å². The topological polar surface area (TPSA) is 34.8 Å². The summed E-state index contributed by atoms with van der Waals surface area (Å²) in [4.78, 5) is 0. The monoisotopic (exact) mass is 254 g/mol. The summed E-state index contributed by atoms with van der Waals surface area (Å²) in [5, 5.41) is 8.80. The molecule has 0 saturated heterocycles. The maximum Gasteiger partial charge on any atom is 0.0588 e. The molecule has 0 radical (unpaired) electrons. The molecule has 4 heteroatoms. The summed E-state index contributed by atoms with van der Waals surface area (Å²) >= 11 is 0. The number of hydrogen-bond acceptors (Lipinski definition) is 2. The Hall–Kier alpha value is -2.07. The van der Waals surface area contributed by atoms with E-state index in [1.165, 1.54) is 16.5 Å². The van der Waals surface area contributed by atoms with E-state index in [2.05, 4.69) is 45.4 Å². The van der Waals surface area contributed by atoms with E-state index >= 15 is 0 Å². The van der Waals surface area contributed by atoms with Crippen LogP contribution in [0, 0.1) is 0 Å². The molecule has 3 aromatic rings. The second-order valence-corrected chi connectivity index (χ2v) is 4.66. The van der Waals surface area contributed by atoms with Gasteiger partial charge in [0.15, 0.2) is 0 Å². The van der Waals surface area contributed by atoms with Crippen molar-refractivity contribution in [1.29, 1.82) is 0 Å². The van der Waals surface area contributed by atoms with Crippen molar-refractivity contribution in [3.8, 4) is 0 Å². The summed E-state index contributed by atoms with van der Waals surface area (Å²) in [7, 11) is 1.98. The average Bonchev–Trinajstić information content (AvgIpc) is 3.06. The van der Waals surface area contributed by atoms with Gasteiger partial charge in [-0.15, -0.1) is 0 Å². The molecule has 0 aliphatic heterocycles. The second-order valence-electron chi connectivity index (χ2n) is 4.66. The van der Waals surface area contributed by atoms with E-state index < -0.39 is 0 Å². The molecule has 0 saturated carbocycles. The van der Waals surface area contributed by atoms with Gasteiger partial charge in [-0.1, -0.05) is 18.2 Å². The molecule has 1 aromatic carbocycles. The van der Waals surface area contributed by atoms with Gasteiger partial charge in [-0.05, 0) is 24.7 Å². The zero-order valence-electron chi connectivity index (χ0n) is 11.1. The summed E-state index contributed by atoms with van der Waals surface area (Å²) in [6.45, 7) is 2.73. The predicted molar refractivity (Wildman–Crippen MR) is 76.9 cm³/mol. The highest BCUT2D eigenvalue weighted by Gasteiger charge is 2.07. The van der Waals surface area contributed by atoms with E-state index in [-0.39, 0.29) is 0 Å². The number of rotatable bonds is 5. The standard InChI is InChI=1S/C15H18N4/c1-16-11-13-12-18(9-10-19-8-4-7-17-19)15-6-3-2-5-14(13)15/h2-8,12,16H,9-11H2,1H3. The zero-order valence-corrected chi connectivity index (χ0v) is 11.1. The van der Waals surface area contributed by atoms with Crippen LogP contribution in [0.2, 0.25) is 0 Å². The Morgan fingerprint density at radius 1 is 1.16 bits per heavy atom. The van der Waals surface area contributed by atoms with Crippen molar-refractivity contribution in [3.63, 3.8) is 0 Å². The SMILES string of the molecule is CNCc1cn(CCn2cccn2)c2ccccc12. The molecule has 0 spiro atoms. The number of hydrogen-bond donors (Lipinski definition) is 1. The lowest BCUT2D eigenvalue weighted by atomic mass is 10.2. The third-order valence-corrected chi connectivity index (χ3v) is 3.37. The van der Waals surface area contributed by atoms with E-state index in [1.54, 1.807) is 0 Å². The van der Waals surface area contributed by atoms with E-state index in [0.717, 1.165) is 19.6 Å². The smallest absolute Gasteiger partial charge is 0.0588 e. The first kappa shape index (κ1) is 12.0. The molecule has 0 bridgehead atoms. The van der Waals surface area contributed by atoms with Crippen LogP contribution >= 0.6 is 0 Å². The fourth-order valence-corrected chi connectivity index (χ4v) is 2.48. The Labute approximate surface area is 112 Å². The maximum absolute atomic E-state index is 4.25. The third-order valence-electron chi connectivity index (χ3n) is 3.37. The van der Waals surface area contributed by atoms with Crippen LogP contribution in [0.5, 0.6) is 0 Å². The molecule has 0 amide bonds. The van der Waals surface area contributed by atoms with Crippen LogP contribution in [-0.4, -0.2) is 21.4 Å². The number of aromatic nitrogens is 3. The molecule has 0 fully saturated rings. The summed E-state index contributed by atoms with van der Waals surface area (Å²) < 4.78 is 4.27. The molecule has 0 aliphatic rings. The lowest BCUT2D eigenvalue weighted by molar-refractivity contribution is 0.542. The molecule has 2 aromatic heterocycles. The number of benzene rings is 1. The average molecular weight is 254 g/mol. The van der Waals surface area contributed by atoms with Gasteiger partial charge in [-0.2, -0.15) is 5.10 Å². The van der Waals surface area contributed by atoms with Gasteiger partial charge in [-0.25, -0.2) is 0 Å². The summed E-state index contributed by atoms with van der Waals surface area (Å²) in [6.07, 6.45) is 6.06. The number of aryl methyl sites for hydroxylation is 2. The van der Waals surface area contributed by atoms with Crippen molar-refractivity contribution < 1.29 is 0 Å². The molecule has 1 N–H and O–H groups in total. The number of fused-ring (bicyclic) bond motifs is 1. The van der Waals surface area contributed by atoms with Crippen LogP contribution in [0.1, 0.15) is 5.56 Å². The van der Waals surface area contributed by atoms with Gasteiger partial charge in [0, 0.05) is 42.6 Å². The fourth-order valence-electron chi connectivity index (χ4n) is 2.48. The molecular formula is C15H18N4. The van der Waals surface area contributed by atoms with Crippen molar-refractivity contribution in [3.05, 3.63) is 54.5 Å². The molecule has 0 atom stereocenters. The van der Waals surface area contributed by atoms with E-state index in [0.29, 0.717) is 0 Å². The zero-order chi connectivity index (χ0) is 13.1. The molecule has 2 heterocycles. The van der Waals surface area contributed by atoms with Crippen LogP contribution in [0.4, 0.5) is 0 Å². The van der Waals surface area contributed by atoms with Crippen molar-refractivity contribution in [2.45, 2.75) is 19.6 Å². The molecule has 3 rings (SSSR count). The minimum absolute atomic E-state index is 0.894. The Balaban J connectivity index is 1.90.